The van der Waals surface area contributed by atoms with Crippen LogP contribution >= 0.6 is 0 Å². The lowest BCUT2D eigenvalue weighted by Crippen LogP contribution is -2.23. The molecule has 0 spiro atoms. The SMILES string of the molecule is CCOc1ccc(C(=O)NCc2noc(C(C)C)n2)cc1. The quantitative estimate of drug-likeness (QED) is 0.884. The highest BCUT2D eigenvalue weighted by molar-refractivity contribution is 5.94. The van der Waals surface area contributed by atoms with Crippen LogP contribution in [0.4, 0.5) is 0 Å². The van der Waals surface area contributed by atoms with Crippen molar-refractivity contribution in [1.29, 1.82) is 0 Å². The van der Waals surface area contributed by atoms with Crippen LogP contribution in [0.25, 0.3) is 0 Å². The van der Waals surface area contributed by atoms with Crippen molar-refractivity contribution in [3.8, 4) is 5.75 Å². The van der Waals surface area contributed by atoms with Crippen LogP contribution in [-0.2, 0) is 6.54 Å². The van der Waals surface area contributed by atoms with Crippen LogP contribution in [0.2, 0.25) is 0 Å². The summed E-state index contributed by atoms with van der Waals surface area (Å²) in [5.74, 6) is 1.77. The lowest BCUT2D eigenvalue weighted by molar-refractivity contribution is 0.0949. The number of benzene rings is 1. The van der Waals surface area contributed by atoms with Crippen LogP contribution in [0.5, 0.6) is 5.75 Å². The van der Waals surface area contributed by atoms with E-state index < -0.39 is 0 Å². The van der Waals surface area contributed by atoms with Crippen molar-refractivity contribution < 1.29 is 14.1 Å². The second-order valence-corrected chi connectivity index (χ2v) is 4.84. The molecule has 1 heterocycles. The normalized spacial score (nSPS) is 10.7. The molecule has 21 heavy (non-hydrogen) atoms. The van der Waals surface area contributed by atoms with Crippen LogP contribution < -0.4 is 10.1 Å². The molecular formula is C15H19N3O3. The number of hydrogen-bond donors (Lipinski definition) is 1. The van der Waals surface area contributed by atoms with Crippen molar-refractivity contribution in [2.75, 3.05) is 6.61 Å². The Kier molecular flexibility index (Phi) is 4.92. The molecule has 0 unspecified atom stereocenters. The maximum absolute atomic E-state index is 12.0. The number of nitrogens with one attached hydrogen (secondary N) is 1. The fraction of sp³-hybridized carbons (Fsp3) is 0.400. The second-order valence-electron chi connectivity index (χ2n) is 4.84. The molecule has 0 saturated carbocycles. The highest BCUT2D eigenvalue weighted by Crippen LogP contribution is 2.13. The fourth-order valence-corrected chi connectivity index (χ4v) is 1.70. The van der Waals surface area contributed by atoms with Crippen LogP contribution in [0.1, 0.15) is 48.8 Å². The van der Waals surface area contributed by atoms with Crippen LogP contribution in [-0.4, -0.2) is 22.7 Å². The third-order valence-corrected chi connectivity index (χ3v) is 2.81. The van der Waals surface area contributed by atoms with Gasteiger partial charge in [0.15, 0.2) is 5.82 Å². The van der Waals surface area contributed by atoms with Gasteiger partial charge in [0.05, 0.1) is 13.2 Å². The second kappa shape index (κ2) is 6.88. The van der Waals surface area contributed by atoms with Gasteiger partial charge in [0.1, 0.15) is 5.75 Å². The van der Waals surface area contributed by atoms with Crippen molar-refractivity contribution in [3.63, 3.8) is 0 Å². The lowest BCUT2D eigenvalue weighted by atomic mass is 10.2. The summed E-state index contributed by atoms with van der Waals surface area (Å²) < 4.78 is 10.4. The van der Waals surface area contributed by atoms with E-state index in [0.717, 1.165) is 5.75 Å². The summed E-state index contributed by atoms with van der Waals surface area (Å²) in [7, 11) is 0. The van der Waals surface area contributed by atoms with Gasteiger partial charge < -0.3 is 14.6 Å². The minimum absolute atomic E-state index is 0.174. The summed E-state index contributed by atoms with van der Waals surface area (Å²) in [6, 6.07) is 6.97. The number of rotatable bonds is 6. The molecule has 0 fully saturated rings. The molecule has 1 N–H and O–H groups in total. The third-order valence-electron chi connectivity index (χ3n) is 2.81. The Hall–Kier alpha value is -2.37. The van der Waals surface area contributed by atoms with Gasteiger partial charge in [-0.15, -0.1) is 0 Å². The lowest BCUT2D eigenvalue weighted by Gasteiger charge is -2.05. The number of nitrogens with zero attached hydrogens (tertiary/aromatic N) is 2. The van der Waals surface area contributed by atoms with Gasteiger partial charge >= 0.3 is 0 Å². The Bertz CT molecular complexity index is 590. The van der Waals surface area contributed by atoms with Gasteiger partial charge in [-0.3, -0.25) is 4.79 Å². The molecule has 112 valence electrons. The minimum atomic E-state index is -0.186. The Morgan fingerprint density at radius 3 is 2.62 bits per heavy atom. The molecule has 1 aromatic heterocycles. The zero-order chi connectivity index (χ0) is 15.2. The zero-order valence-corrected chi connectivity index (χ0v) is 12.4. The summed E-state index contributed by atoms with van der Waals surface area (Å²) in [5.41, 5.74) is 0.561. The number of aromatic nitrogens is 2. The average molecular weight is 289 g/mol. The monoisotopic (exact) mass is 289 g/mol. The van der Waals surface area contributed by atoms with Gasteiger partial charge in [0.25, 0.3) is 5.91 Å². The number of carbonyl (C=O) groups is 1. The molecule has 1 aromatic carbocycles. The molecule has 0 aliphatic rings. The third kappa shape index (κ3) is 4.05. The van der Waals surface area contributed by atoms with E-state index >= 15 is 0 Å². The van der Waals surface area contributed by atoms with E-state index in [9.17, 15) is 4.79 Å². The zero-order valence-electron chi connectivity index (χ0n) is 12.4. The average Bonchev–Trinajstić information content (AvgIpc) is 2.95. The highest BCUT2D eigenvalue weighted by atomic mass is 16.5. The molecule has 0 radical (unpaired) electrons. The minimum Gasteiger partial charge on any atom is -0.494 e. The molecule has 6 heteroatoms. The first-order valence-corrected chi connectivity index (χ1v) is 6.93. The molecule has 2 rings (SSSR count). The van der Waals surface area contributed by atoms with E-state index in [1.807, 2.05) is 20.8 Å². The Labute approximate surface area is 123 Å². The van der Waals surface area contributed by atoms with Crippen LogP contribution in [0.3, 0.4) is 0 Å². The van der Waals surface area contributed by atoms with E-state index in [2.05, 4.69) is 15.5 Å². The van der Waals surface area contributed by atoms with E-state index in [4.69, 9.17) is 9.26 Å². The highest BCUT2D eigenvalue weighted by Gasteiger charge is 2.11. The molecular weight excluding hydrogens is 270 g/mol. The van der Waals surface area contributed by atoms with Crippen molar-refractivity contribution in [2.45, 2.75) is 33.2 Å². The number of amides is 1. The first-order chi connectivity index (χ1) is 10.1. The van der Waals surface area contributed by atoms with E-state index in [1.165, 1.54) is 0 Å². The van der Waals surface area contributed by atoms with Crippen molar-refractivity contribution >= 4 is 5.91 Å². The molecule has 2 aromatic rings. The van der Waals surface area contributed by atoms with Gasteiger partial charge in [-0.05, 0) is 31.2 Å². The molecule has 0 saturated heterocycles. The van der Waals surface area contributed by atoms with Crippen molar-refractivity contribution in [2.24, 2.45) is 0 Å². The summed E-state index contributed by atoms with van der Waals surface area (Å²) in [5, 5.41) is 6.57. The van der Waals surface area contributed by atoms with Gasteiger partial charge in [0, 0.05) is 11.5 Å². The predicted octanol–water partition coefficient (Wildman–Crippen LogP) is 2.52. The molecule has 1 amide bonds. The summed E-state index contributed by atoms with van der Waals surface area (Å²) >= 11 is 0. The first-order valence-electron chi connectivity index (χ1n) is 6.93. The number of ether oxygens (including phenoxy) is 1. The topological polar surface area (TPSA) is 77.2 Å². The maximum Gasteiger partial charge on any atom is 0.251 e. The summed E-state index contributed by atoms with van der Waals surface area (Å²) in [4.78, 5) is 16.2. The molecule has 0 aliphatic carbocycles. The van der Waals surface area contributed by atoms with Gasteiger partial charge in [-0.2, -0.15) is 4.98 Å². The Morgan fingerprint density at radius 2 is 2.05 bits per heavy atom. The van der Waals surface area contributed by atoms with E-state index in [0.29, 0.717) is 23.9 Å². The van der Waals surface area contributed by atoms with Crippen molar-refractivity contribution in [1.82, 2.24) is 15.5 Å². The maximum atomic E-state index is 12.0. The van der Waals surface area contributed by atoms with Crippen LogP contribution in [0.15, 0.2) is 28.8 Å². The summed E-state index contributed by atoms with van der Waals surface area (Å²) in [6.45, 7) is 6.69. The molecule has 0 aliphatic heterocycles. The number of hydrogen-bond acceptors (Lipinski definition) is 5. The largest absolute Gasteiger partial charge is 0.494 e. The van der Waals surface area contributed by atoms with E-state index in [-0.39, 0.29) is 18.4 Å². The standard InChI is InChI=1S/C15H19N3O3/c1-4-20-12-7-5-11(6-8-12)14(19)16-9-13-17-15(10(2)3)21-18-13/h5-8,10H,4,9H2,1-3H3,(H,16,19). The molecule has 6 nitrogen and oxygen atoms in total. The Morgan fingerprint density at radius 1 is 1.33 bits per heavy atom. The van der Waals surface area contributed by atoms with Crippen LogP contribution in [0, 0.1) is 0 Å². The van der Waals surface area contributed by atoms with Gasteiger partial charge in [0.2, 0.25) is 5.89 Å². The van der Waals surface area contributed by atoms with Gasteiger partial charge in [-0.1, -0.05) is 19.0 Å². The fourth-order valence-electron chi connectivity index (χ4n) is 1.70. The van der Waals surface area contributed by atoms with Gasteiger partial charge in [-0.25, -0.2) is 0 Å². The van der Waals surface area contributed by atoms with E-state index in [1.54, 1.807) is 24.3 Å². The number of carbonyl (C=O) groups excluding carboxylic acids is 1. The molecule has 0 atom stereocenters. The smallest absolute Gasteiger partial charge is 0.251 e. The van der Waals surface area contributed by atoms with Crippen molar-refractivity contribution in [3.05, 3.63) is 41.5 Å². The Balaban J connectivity index is 1.91. The molecule has 0 bridgehead atoms. The first kappa shape index (κ1) is 15.0. The summed E-state index contributed by atoms with van der Waals surface area (Å²) in [6.07, 6.45) is 0. The predicted molar refractivity (Wildman–Crippen MR) is 77.2 cm³/mol.